The first-order valence-corrected chi connectivity index (χ1v) is 8.75. The monoisotopic (exact) mass is 431 g/mol. The fourth-order valence-corrected chi connectivity index (χ4v) is 3.11. The van der Waals surface area contributed by atoms with Gasteiger partial charge in [0.1, 0.15) is 6.07 Å². The van der Waals surface area contributed by atoms with Crippen molar-refractivity contribution in [3.63, 3.8) is 0 Å². The van der Waals surface area contributed by atoms with E-state index in [4.69, 9.17) is 5.26 Å². The molecule has 1 atom stereocenters. The maximum Gasteiger partial charge on any atom is 0.421 e. The van der Waals surface area contributed by atoms with E-state index in [2.05, 4.69) is 4.74 Å². The van der Waals surface area contributed by atoms with Gasteiger partial charge in [0, 0.05) is 18.6 Å². The zero-order valence-corrected chi connectivity index (χ0v) is 16.0. The molecule has 6 nitrogen and oxygen atoms in total. The molecular weight excluding hydrogens is 413 g/mol. The van der Waals surface area contributed by atoms with Gasteiger partial charge in [-0.05, 0) is 30.0 Å². The molecule has 11 heteroatoms. The van der Waals surface area contributed by atoms with Crippen LogP contribution in [-0.2, 0) is 9.53 Å². The van der Waals surface area contributed by atoms with E-state index in [0.29, 0.717) is 6.20 Å². The van der Waals surface area contributed by atoms with Gasteiger partial charge in [-0.2, -0.15) is 18.4 Å². The molecule has 162 valence electrons. The lowest BCUT2D eigenvalue weighted by Gasteiger charge is -2.40. The highest BCUT2D eigenvalue weighted by molar-refractivity contribution is 6.04. The van der Waals surface area contributed by atoms with Gasteiger partial charge in [-0.25, -0.2) is 13.6 Å². The van der Waals surface area contributed by atoms with Crippen molar-refractivity contribution in [1.82, 2.24) is 9.88 Å². The quantitative estimate of drug-likeness (QED) is 0.550. The van der Waals surface area contributed by atoms with Gasteiger partial charge in [-0.3, -0.25) is 9.36 Å². The highest BCUT2D eigenvalue weighted by Crippen LogP contribution is 2.46. The Morgan fingerprint density at radius 2 is 1.87 bits per heavy atom. The minimum atomic E-state index is -5.62. The normalized spacial score (nSPS) is 19.4. The van der Waals surface area contributed by atoms with Crippen molar-refractivity contribution in [2.45, 2.75) is 38.4 Å². The predicted molar refractivity (Wildman–Crippen MR) is 94.1 cm³/mol. The number of dihydropyridines is 1. The van der Waals surface area contributed by atoms with Crippen LogP contribution >= 0.6 is 0 Å². The molecule has 2 heterocycles. The van der Waals surface area contributed by atoms with Gasteiger partial charge >= 0.3 is 12.1 Å². The first-order valence-electron chi connectivity index (χ1n) is 8.75. The minimum Gasteiger partial charge on any atom is -0.447 e. The van der Waals surface area contributed by atoms with Crippen molar-refractivity contribution in [1.29, 1.82) is 5.26 Å². The van der Waals surface area contributed by atoms with Gasteiger partial charge in [-0.1, -0.05) is 13.8 Å². The van der Waals surface area contributed by atoms with Crippen LogP contribution in [0.3, 0.4) is 0 Å². The third-order valence-electron chi connectivity index (χ3n) is 4.39. The fraction of sp³-hybridized carbons (Fsp3) is 0.421. The number of carbonyl (C=O) groups excluding carboxylic acids is 2. The van der Waals surface area contributed by atoms with Crippen LogP contribution in [-0.4, -0.2) is 41.2 Å². The van der Waals surface area contributed by atoms with Gasteiger partial charge in [0.2, 0.25) is 5.54 Å². The van der Waals surface area contributed by atoms with E-state index < -0.39 is 53.7 Å². The molecule has 1 aliphatic rings. The van der Waals surface area contributed by atoms with Crippen LogP contribution in [0.5, 0.6) is 0 Å². The third kappa shape index (κ3) is 4.08. The lowest BCUT2D eigenvalue weighted by Crippen LogP contribution is -2.64. The summed E-state index contributed by atoms with van der Waals surface area (Å²) in [6.07, 6.45) is -6.82. The SMILES string of the molecule is CC(C)CC1=C(C(=O)OCC#N)C(C(F)F)(C(F)(F)F)NC=C1C(=O)n1cccc1. The first-order chi connectivity index (χ1) is 14.0. The lowest BCUT2D eigenvalue weighted by atomic mass is 9.78. The van der Waals surface area contributed by atoms with Crippen LogP contribution in [0, 0.1) is 17.2 Å². The Bertz CT molecular complexity index is 911. The van der Waals surface area contributed by atoms with E-state index >= 15 is 0 Å². The number of ether oxygens (including phenoxy) is 1. The smallest absolute Gasteiger partial charge is 0.421 e. The highest BCUT2D eigenvalue weighted by Gasteiger charge is 2.67. The minimum absolute atomic E-state index is 0.290. The standard InChI is InChI=1S/C19H18F5N3O3/c1-11(2)9-12-13(15(28)27-6-3-4-7-27)10-26-18(17(20)21,19(22,23)24)14(12)16(29)30-8-5-25/h3-4,6-7,10-11,17,26H,8-9H2,1-2H3. The number of aromatic nitrogens is 1. The van der Waals surface area contributed by atoms with Crippen molar-refractivity contribution in [2.24, 2.45) is 5.92 Å². The number of esters is 1. The molecule has 0 saturated carbocycles. The number of nitrogens with zero attached hydrogens (tertiary/aromatic N) is 2. The largest absolute Gasteiger partial charge is 0.447 e. The number of hydrogen-bond donors (Lipinski definition) is 1. The van der Waals surface area contributed by atoms with Crippen molar-refractivity contribution < 1.29 is 36.3 Å². The Balaban J connectivity index is 2.81. The summed E-state index contributed by atoms with van der Waals surface area (Å²) in [4.78, 5) is 25.3. The molecule has 0 aliphatic carbocycles. The summed E-state index contributed by atoms with van der Waals surface area (Å²) in [7, 11) is 0. The number of nitrogens with one attached hydrogen (secondary N) is 1. The van der Waals surface area contributed by atoms with Crippen molar-refractivity contribution >= 4 is 11.9 Å². The van der Waals surface area contributed by atoms with Crippen LogP contribution in [0.25, 0.3) is 0 Å². The first kappa shape index (κ1) is 23.1. The fourth-order valence-electron chi connectivity index (χ4n) is 3.11. The second kappa shape index (κ2) is 8.69. The van der Waals surface area contributed by atoms with Crippen LogP contribution in [0.2, 0.25) is 0 Å². The number of halogens is 5. The molecule has 0 saturated heterocycles. The zero-order chi connectivity index (χ0) is 22.7. The number of hydrogen-bond acceptors (Lipinski definition) is 5. The van der Waals surface area contributed by atoms with Crippen LogP contribution in [0.4, 0.5) is 22.0 Å². The van der Waals surface area contributed by atoms with Crippen LogP contribution in [0.1, 0.15) is 25.1 Å². The van der Waals surface area contributed by atoms with E-state index in [9.17, 15) is 31.5 Å². The summed E-state index contributed by atoms with van der Waals surface area (Å²) in [6, 6.07) is 4.38. The molecule has 1 unspecified atom stereocenters. The molecule has 1 aromatic heterocycles. The second-order valence-corrected chi connectivity index (χ2v) is 6.89. The van der Waals surface area contributed by atoms with Crippen LogP contribution < -0.4 is 5.32 Å². The number of alkyl halides is 5. The van der Waals surface area contributed by atoms with E-state index in [-0.39, 0.29) is 12.0 Å². The maximum atomic E-state index is 13.9. The summed E-state index contributed by atoms with van der Waals surface area (Å²) in [5.41, 5.74) is -6.41. The highest BCUT2D eigenvalue weighted by atomic mass is 19.4. The Morgan fingerprint density at radius 1 is 1.27 bits per heavy atom. The Kier molecular flexibility index (Phi) is 6.70. The number of carbonyl (C=O) groups is 2. The molecule has 0 radical (unpaired) electrons. The maximum absolute atomic E-state index is 13.9. The summed E-state index contributed by atoms with van der Waals surface area (Å²) < 4.78 is 75.1. The molecule has 1 aromatic rings. The van der Waals surface area contributed by atoms with E-state index in [1.165, 1.54) is 30.6 Å². The molecule has 0 bridgehead atoms. The number of rotatable bonds is 6. The molecule has 0 spiro atoms. The van der Waals surface area contributed by atoms with Gasteiger partial charge in [0.25, 0.3) is 12.3 Å². The Labute approximate surface area is 168 Å². The van der Waals surface area contributed by atoms with E-state index in [1.54, 1.807) is 19.2 Å². The summed E-state index contributed by atoms with van der Waals surface area (Å²) in [5, 5.41) is 10.2. The summed E-state index contributed by atoms with van der Waals surface area (Å²) in [5.74, 6) is -2.97. The van der Waals surface area contributed by atoms with E-state index in [1.807, 2.05) is 0 Å². The van der Waals surface area contributed by atoms with E-state index in [0.717, 1.165) is 4.57 Å². The molecule has 1 N–H and O–H groups in total. The summed E-state index contributed by atoms with van der Waals surface area (Å²) in [6.45, 7) is 2.23. The number of allylic oxidation sites excluding steroid dienone is 2. The molecule has 0 fully saturated rings. The van der Waals surface area contributed by atoms with Crippen molar-refractivity contribution in [2.75, 3.05) is 6.61 Å². The van der Waals surface area contributed by atoms with Crippen molar-refractivity contribution in [3.8, 4) is 6.07 Å². The molecule has 2 rings (SSSR count). The average molecular weight is 431 g/mol. The topological polar surface area (TPSA) is 84.1 Å². The number of nitriles is 1. The predicted octanol–water partition coefficient (Wildman–Crippen LogP) is 3.59. The lowest BCUT2D eigenvalue weighted by molar-refractivity contribution is -0.218. The molecule has 0 amide bonds. The third-order valence-corrected chi connectivity index (χ3v) is 4.39. The molecule has 1 aliphatic heterocycles. The Hall–Kier alpha value is -3.16. The van der Waals surface area contributed by atoms with Gasteiger partial charge < -0.3 is 10.1 Å². The van der Waals surface area contributed by atoms with Crippen molar-refractivity contribution in [3.05, 3.63) is 47.4 Å². The van der Waals surface area contributed by atoms with Gasteiger partial charge in [0.15, 0.2) is 6.61 Å². The van der Waals surface area contributed by atoms with Gasteiger partial charge in [0.05, 0.1) is 11.1 Å². The summed E-state index contributed by atoms with van der Waals surface area (Å²) >= 11 is 0. The second-order valence-electron chi connectivity index (χ2n) is 6.89. The molecule has 0 aromatic carbocycles. The zero-order valence-electron chi connectivity index (χ0n) is 16.0. The Morgan fingerprint density at radius 3 is 2.33 bits per heavy atom. The molecular formula is C19H18F5N3O3. The van der Waals surface area contributed by atoms with Gasteiger partial charge in [-0.15, -0.1) is 0 Å². The average Bonchev–Trinajstić information content (AvgIpc) is 3.18. The van der Waals surface area contributed by atoms with Crippen LogP contribution in [0.15, 0.2) is 47.4 Å². The molecule has 30 heavy (non-hydrogen) atoms.